The molecule has 0 aromatic heterocycles. The van der Waals surface area contributed by atoms with Crippen molar-refractivity contribution in [3.05, 3.63) is 0 Å². The number of fused-ring (bicyclic) bond motifs is 1. The maximum Gasteiger partial charge on any atom is 0.312 e. The molecule has 0 saturated heterocycles. The lowest BCUT2D eigenvalue weighted by molar-refractivity contribution is -0.196. The number of rotatable bonds is 2. The quantitative estimate of drug-likeness (QED) is 0.816. The highest BCUT2D eigenvalue weighted by atomic mass is 16.4. The first-order valence-electron chi connectivity index (χ1n) is 9.67. The van der Waals surface area contributed by atoms with E-state index in [-0.39, 0.29) is 17.9 Å². The molecule has 6 aliphatic carbocycles. The fourth-order valence-corrected chi connectivity index (χ4v) is 8.94. The molecule has 0 aromatic rings. The van der Waals surface area contributed by atoms with Gasteiger partial charge in [-0.1, -0.05) is 20.3 Å². The van der Waals surface area contributed by atoms with Crippen molar-refractivity contribution in [2.24, 2.45) is 45.3 Å². The molecule has 3 heteroatoms. The molecule has 8 atom stereocenters. The number of carbonyl (C=O) groups is 1. The van der Waals surface area contributed by atoms with E-state index in [0.29, 0.717) is 23.2 Å². The lowest BCUT2D eigenvalue weighted by Gasteiger charge is -2.65. The Balaban J connectivity index is 1.56. The van der Waals surface area contributed by atoms with E-state index in [4.69, 9.17) is 0 Å². The van der Waals surface area contributed by atoms with Gasteiger partial charge in [0.25, 0.3) is 0 Å². The van der Waals surface area contributed by atoms with Gasteiger partial charge < -0.3 is 10.2 Å². The highest BCUT2D eigenvalue weighted by Gasteiger charge is 2.78. The second kappa shape index (κ2) is 3.98. The Labute approximate surface area is 138 Å². The zero-order valence-electron chi connectivity index (χ0n) is 14.5. The Morgan fingerprint density at radius 1 is 1.09 bits per heavy atom. The van der Waals surface area contributed by atoms with Gasteiger partial charge in [0.05, 0.1) is 12.0 Å². The summed E-state index contributed by atoms with van der Waals surface area (Å²) in [6.45, 7) is 4.73. The van der Waals surface area contributed by atoms with E-state index in [9.17, 15) is 15.0 Å². The Kier molecular flexibility index (Phi) is 2.55. The molecule has 1 spiro atoms. The van der Waals surface area contributed by atoms with Crippen molar-refractivity contribution >= 4 is 5.97 Å². The van der Waals surface area contributed by atoms with E-state index in [0.717, 1.165) is 24.7 Å². The molecule has 2 N–H and O–H groups in total. The summed E-state index contributed by atoms with van der Waals surface area (Å²) < 4.78 is 0. The van der Waals surface area contributed by atoms with E-state index in [2.05, 4.69) is 13.8 Å². The summed E-state index contributed by atoms with van der Waals surface area (Å²) in [6.07, 6.45) is 9.21. The number of hydrogen-bond acceptors (Lipinski definition) is 2. The van der Waals surface area contributed by atoms with Crippen LogP contribution in [0.15, 0.2) is 0 Å². The van der Waals surface area contributed by atoms with Gasteiger partial charge in [-0.25, -0.2) is 0 Å². The molecule has 0 radical (unpaired) electrons. The second-order valence-corrected chi connectivity index (χ2v) is 10.3. The van der Waals surface area contributed by atoms with Crippen molar-refractivity contribution in [1.82, 2.24) is 0 Å². The van der Waals surface area contributed by atoms with Crippen LogP contribution in [0.2, 0.25) is 0 Å². The van der Waals surface area contributed by atoms with Crippen molar-refractivity contribution in [2.75, 3.05) is 6.61 Å². The predicted molar refractivity (Wildman–Crippen MR) is 86.7 cm³/mol. The van der Waals surface area contributed by atoms with Crippen molar-refractivity contribution < 1.29 is 15.0 Å². The minimum absolute atomic E-state index is 0.131. The summed E-state index contributed by atoms with van der Waals surface area (Å²) in [6, 6.07) is 0. The highest BCUT2D eigenvalue weighted by molar-refractivity contribution is 5.75. The summed E-state index contributed by atoms with van der Waals surface area (Å²) in [4.78, 5) is 12.1. The van der Waals surface area contributed by atoms with E-state index in [1.54, 1.807) is 0 Å². The van der Waals surface area contributed by atoms with Gasteiger partial charge in [0.2, 0.25) is 0 Å². The average molecular weight is 318 g/mol. The molecule has 6 saturated carbocycles. The van der Waals surface area contributed by atoms with Crippen LogP contribution in [-0.4, -0.2) is 22.8 Å². The third-order valence-corrected chi connectivity index (χ3v) is 9.90. The number of aliphatic carboxylic acids is 1. The fraction of sp³-hybridized carbons (Fsp3) is 0.950. The first-order valence-corrected chi connectivity index (χ1v) is 9.67. The number of aliphatic hydroxyl groups is 1. The number of aliphatic hydroxyl groups excluding tert-OH is 1. The first kappa shape index (κ1) is 14.7. The highest BCUT2D eigenvalue weighted by Crippen LogP contribution is 2.85. The SMILES string of the molecule is C[C@@]12CCC[C@@](CO)(C(=O)O)[C@H]1CC[C@@]13C[C@H]4[C@@H](C[C@H]12)[C@@]4(C)C3. The molecule has 0 aliphatic heterocycles. The van der Waals surface area contributed by atoms with Crippen LogP contribution in [0.3, 0.4) is 0 Å². The van der Waals surface area contributed by atoms with Gasteiger partial charge in [0.15, 0.2) is 0 Å². The van der Waals surface area contributed by atoms with Crippen molar-refractivity contribution in [1.29, 1.82) is 0 Å². The molecule has 128 valence electrons. The van der Waals surface area contributed by atoms with Crippen LogP contribution in [0.4, 0.5) is 0 Å². The zero-order valence-corrected chi connectivity index (χ0v) is 14.5. The summed E-state index contributed by atoms with van der Waals surface area (Å²) in [7, 11) is 0. The lowest BCUT2D eigenvalue weighted by Crippen LogP contribution is -2.61. The Bertz CT molecular complexity index is 587. The molecule has 23 heavy (non-hydrogen) atoms. The molecule has 0 aromatic carbocycles. The fourth-order valence-electron chi connectivity index (χ4n) is 8.94. The van der Waals surface area contributed by atoms with Gasteiger partial charge in [-0.15, -0.1) is 0 Å². The third kappa shape index (κ3) is 1.42. The summed E-state index contributed by atoms with van der Waals surface area (Å²) >= 11 is 0. The van der Waals surface area contributed by atoms with Gasteiger partial charge in [0.1, 0.15) is 0 Å². The normalized spacial score (nSPS) is 62.4. The van der Waals surface area contributed by atoms with Crippen LogP contribution in [0.5, 0.6) is 0 Å². The van der Waals surface area contributed by atoms with E-state index in [1.165, 1.54) is 32.1 Å². The molecule has 3 nitrogen and oxygen atoms in total. The molecule has 6 rings (SSSR count). The molecule has 0 heterocycles. The molecule has 0 unspecified atom stereocenters. The standard InChI is InChI=1S/C20H30O3/c1-17-5-3-6-20(11-21,16(22)23)14(17)4-7-19-9-13-12(8-15(17)19)18(13,2)10-19/h12-15,21H,3-11H2,1-2H3,(H,22,23)/t12-,13+,14+,15+,17-,18-,19+,20+/m1/s1. The van der Waals surface area contributed by atoms with Gasteiger partial charge in [-0.3, -0.25) is 4.79 Å². The summed E-state index contributed by atoms with van der Waals surface area (Å²) in [5, 5.41) is 20.0. The van der Waals surface area contributed by atoms with Crippen LogP contribution < -0.4 is 0 Å². The van der Waals surface area contributed by atoms with E-state index in [1.807, 2.05) is 0 Å². The second-order valence-electron chi connectivity index (χ2n) is 10.3. The zero-order chi connectivity index (χ0) is 16.3. The van der Waals surface area contributed by atoms with Crippen LogP contribution in [0.1, 0.15) is 65.2 Å². The summed E-state index contributed by atoms with van der Waals surface area (Å²) in [5.41, 5.74) is 0.403. The Morgan fingerprint density at radius 2 is 1.87 bits per heavy atom. The van der Waals surface area contributed by atoms with Gasteiger partial charge >= 0.3 is 5.97 Å². The van der Waals surface area contributed by atoms with E-state index < -0.39 is 11.4 Å². The first-order chi connectivity index (χ1) is 10.8. The van der Waals surface area contributed by atoms with Crippen LogP contribution in [-0.2, 0) is 4.79 Å². The van der Waals surface area contributed by atoms with Crippen LogP contribution in [0.25, 0.3) is 0 Å². The van der Waals surface area contributed by atoms with Crippen LogP contribution >= 0.6 is 0 Å². The maximum atomic E-state index is 12.1. The molecule has 4 bridgehead atoms. The smallest absolute Gasteiger partial charge is 0.312 e. The van der Waals surface area contributed by atoms with Crippen molar-refractivity contribution in [2.45, 2.75) is 65.2 Å². The predicted octanol–water partition coefficient (Wildman–Crippen LogP) is 3.70. The number of carboxylic acid groups (broad SMARTS) is 1. The topological polar surface area (TPSA) is 57.5 Å². The van der Waals surface area contributed by atoms with E-state index >= 15 is 0 Å². The number of carboxylic acids is 1. The van der Waals surface area contributed by atoms with Gasteiger partial charge in [-0.05, 0) is 84.9 Å². The summed E-state index contributed by atoms with van der Waals surface area (Å²) in [5.74, 6) is 2.02. The van der Waals surface area contributed by atoms with Crippen molar-refractivity contribution in [3.63, 3.8) is 0 Å². The van der Waals surface area contributed by atoms with Crippen molar-refractivity contribution in [3.8, 4) is 0 Å². The lowest BCUT2D eigenvalue weighted by atomic mass is 9.39. The Hall–Kier alpha value is -0.570. The minimum Gasteiger partial charge on any atom is -0.481 e. The molecule has 6 fully saturated rings. The van der Waals surface area contributed by atoms with Gasteiger partial charge in [0, 0.05) is 0 Å². The maximum absolute atomic E-state index is 12.1. The monoisotopic (exact) mass is 318 g/mol. The molecule has 6 aliphatic rings. The third-order valence-electron chi connectivity index (χ3n) is 9.90. The van der Waals surface area contributed by atoms with Gasteiger partial charge in [-0.2, -0.15) is 0 Å². The number of hydrogen-bond donors (Lipinski definition) is 2. The Morgan fingerprint density at radius 3 is 2.48 bits per heavy atom. The largest absolute Gasteiger partial charge is 0.481 e. The molecule has 0 amide bonds. The molecular formula is C20H30O3. The average Bonchev–Trinajstić information content (AvgIpc) is 2.96. The van der Waals surface area contributed by atoms with Crippen LogP contribution in [0, 0.1) is 45.3 Å². The molecular weight excluding hydrogens is 288 g/mol. The minimum atomic E-state index is -0.873.